The van der Waals surface area contributed by atoms with Crippen LogP contribution in [0.4, 0.5) is 24.5 Å². The van der Waals surface area contributed by atoms with Crippen molar-refractivity contribution in [1.29, 1.82) is 0 Å². The molecule has 1 saturated heterocycles. The summed E-state index contributed by atoms with van der Waals surface area (Å²) in [5.41, 5.74) is 6.47. The molecular weight excluding hydrogens is 233 g/mol. The number of rotatable bonds is 3. The highest BCUT2D eigenvalue weighted by Gasteiger charge is 2.19. The molecule has 6 heteroatoms. The quantitative estimate of drug-likeness (QED) is 0.833. The average molecular weight is 246 g/mol. The van der Waals surface area contributed by atoms with Crippen LogP contribution in [0.3, 0.4) is 0 Å². The fourth-order valence-electron chi connectivity index (χ4n) is 1.98. The first-order valence-corrected chi connectivity index (χ1v) is 5.36. The molecule has 0 aromatic heterocycles. The lowest BCUT2D eigenvalue weighted by Crippen LogP contribution is -2.19. The number of nitrogen functional groups attached to an aromatic ring is 1. The van der Waals surface area contributed by atoms with Gasteiger partial charge in [0, 0.05) is 25.2 Å². The number of nitrogens with zero attached hydrogens (tertiary/aromatic N) is 1. The smallest absolute Gasteiger partial charge is 0.387 e. The van der Waals surface area contributed by atoms with E-state index < -0.39 is 18.2 Å². The topological polar surface area (TPSA) is 38.5 Å². The van der Waals surface area contributed by atoms with E-state index in [0.29, 0.717) is 5.69 Å². The zero-order valence-corrected chi connectivity index (χ0v) is 9.13. The van der Waals surface area contributed by atoms with Crippen molar-refractivity contribution in [3.8, 4) is 5.75 Å². The number of halogens is 3. The first-order valence-electron chi connectivity index (χ1n) is 5.36. The third kappa shape index (κ3) is 2.57. The van der Waals surface area contributed by atoms with Crippen LogP contribution in [-0.4, -0.2) is 19.7 Å². The third-order valence-electron chi connectivity index (χ3n) is 2.74. The van der Waals surface area contributed by atoms with Gasteiger partial charge in [0.25, 0.3) is 0 Å². The number of benzene rings is 1. The van der Waals surface area contributed by atoms with E-state index in [1.165, 1.54) is 6.07 Å². The lowest BCUT2D eigenvalue weighted by Gasteiger charge is -2.20. The van der Waals surface area contributed by atoms with Crippen LogP contribution in [-0.2, 0) is 0 Å². The van der Waals surface area contributed by atoms with Crippen molar-refractivity contribution in [1.82, 2.24) is 0 Å². The molecule has 1 fully saturated rings. The number of alkyl halides is 2. The molecule has 2 N–H and O–H groups in total. The Bertz CT molecular complexity index is 406. The lowest BCUT2D eigenvalue weighted by atomic mass is 10.2. The summed E-state index contributed by atoms with van der Waals surface area (Å²) in [5.74, 6) is -1.33. The summed E-state index contributed by atoms with van der Waals surface area (Å²) in [6.45, 7) is -1.45. The van der Waals surface area contributed by atoms with Crippen LogP contribution in [0.5, 0.6) is 5.75 Å². The average Bonchev–Trinajstić information content (AvgIpc) is 2.74. The molecule has 0 spiro atoms. The molecule has 1 aromatic carbocycles. The first kappa shape index (κ1) is 11.9. The second kappa shape index (κ2) is 4.73. The molecule has 0 saturated carbocycles. The maximum atomic E-state index is 13.3. The minimum Gasteiger partial charge on any atom is -0.432 e. The Morgan fingerprint density at radius 2 is 1.88 bits per heavy atom. The van der Waals surface area contributed by atoms with Crippen LogP contribution in [0.25, 0.3) is 0 Å². The highest BCUT2D eigenvalue weighted by Crippen LogP contribution is 2.33. The summed E-state index contributed by atoms with van der Waals surface area (Å²) >= 11 is 0. The molecule has 0 aliphatic carbocycles. The van der Waals surface area contributed by atoms with Crippen molar-refractivity contribution in [2.45, 2.75) is 19.5 Å². The van der Waals surface area contributed by atoms with Gasteiger partial charge in [0.1, 0.15) is 0 Å². The van der Waals surface area contributed by atoms with Gasteiger partial charge in [0.15, 0.2) is 11.6 Å². The molecule has 3 nitrogen and oxygen atoms in total. The molecule has 0 amide bonds. The molecule has 1 aliphatic heterocycles. The van der Waals surface area contributed by atoms with Crippen molar-refractivity contribution >= 4 is 11.4 Å². The van der Waals surface area contributed by atoms with E-state index in [1.807, 2.05) is 4.90 Å². The van der Waals surface area contributed by atoms with Gasteiger partial charge in [-0.15, -0.1) is 0 Å². The number of ether oxygens (including phenoxy) is 1. The summed E-state index contributed by atoms with van der Waals surface area (Å²) in [6, 6.07) is 2.26. The van der Waals surface area contributed by atoms with Crippen LogP contribution >= 0.6 is 0 Å². The molecule has 17 heavy (non-hydrogen) atoms. The standard InChI is InChI=1S/C11H13F3N2O/c12-7-5-8(15)9(16-3-1-2-4-16)6-10(7)17-11(13)14/h5-6,11H,1-4,15H2. The molecule has 0 bridgehead atoms. The number of hydrogen-bond acceptors (Lipinski definition) is 3. The van der Waals surface area contributed by atoms with Gasteiger partial charge in [0.05, 0.1) is 11.4 Å². The van der Waals surface area contributed by atoms with Gasteiger partial charge < -0.3 is 15.4 Å². The van der Waals surface area contributed by atoms with Crippen molar-refractivity contribution < 1.29 is 17.9 Å². The number of hydrogen-bond donors (Lipinski definition) is 1. The molecule has 1 heterocycles. The molecule has 1 aromatic rings. The zero-order chi connectivity index (χ0) is 12.4. The largest absolute Gasteiger partial charge is 0.432 e. The van der Waals surface area contributed by atoms with Crippen LogP contribution in [0.1, 0.15) is 12.8 Å². The van der Waals surface area contributed by atoms with Gasteiger partial charge in [-0.25, -0.2) is 4.39 Å². The molecular formula is C11H13F3N2O. The van der Waals surface area contributed by atoms with Gasteiger partial charge >= 0.3 is 6.61 Å². The van der Waals surface area contributed by atoms with Crippen molar-refractivity contribution in [3.05, 3.63) is 17.9 Å². The second-order valence-electron chi connectivity index (χ2n) is 3.91. The van der Waals surface area contributed by atoms with Crippen molar-refractivity contribution in [2.24, 2.45) is 0 Å². The molecule has 0 unspecified atom stereocenters. The molecule has 1 aliphatic rings. The van der Waals surface area contributed by atoms with E-state index >= 15 is 0 Å². The summed E-state index contributed by atoms with van der Waals surface area (Å²) < 4.78 is 41.6. The highest BCUT2D eigenvalue weighted by atomic mass is 19.3. The highest BCUT2D eigenvalue weighted by molar-refractivity contribution is 5.70. The van der Waals surface area contributed by atoms with Crippen molar-refractivity contribution in [3.63, 3.8) is 0 Å². The van der Waals surface area contributed by atoms with E-state index in [4.69, 9.17) is 5.73 Å². The van der Waals surface area contributed by atoms with Gasteiger partial charge in [-0.3, -0.25) is 0 Å². The predicted octanol–water partition coefficient (Wildman–Crippen LogP) is 2.61. The van der Waals surface area contributed by atoms with E-state index in [0.717, 1.165) is 32.0 Å². The van der Waals surface area contributed by atoms with Crippen LogP contribution in [0, 0.1) is 5.82 Å². The van der Waals surface area contributed by atoms with Crippen LogP contribution < -0.4 is 15.4 Å². The summed E-state index contributed by atoms with van der Waals surface area (Å²) in [6.07, 6.45) is 2.03. The predicted molar refractivity (Wildman–Crippen MR) is 58.9 cm³/mol. The Labute approximate surface area is 97.0 Å². The zero-order valence-electron chi connectivity index (χ0n) is 9.13. The Morgan fingerprint density at radius 3 is 2.47 bits per heavy atom. The normalized spacial score (nSPS) is 15.6. The lowest BCUT2D eigenvalue weighted by molar-refractivity contribution is -0.0521. The van der Waals surface area contributed by atoms with E-state index in [2.05, 4.69) is 4.74 Å². The maximum absolute atomic E-state index is 13.3. The fourth-order valence-corrected chi connectivity index (χ4v) is 1.98. The second-order valence-corrected chi connectivity index (χ2v) is 3.91. The Kier molecular flexibility index (Phi) is 3.31. The monoisotopic (exact) mass is 246 g/mol. The van der Waals surface area contributed by atoms with Crippen LogP contribution in [0.15, 0.2) is 12.1 Å². The van der Waals surface area contributed by atoms with Gasteiger partial charge in [0.2, 0.25) is 0 Å². The minimum absolute atomic E-state index is 0.242. The SMILES string of the molecule is Nc1cc(F)c(OC(F)F)cc1N1CCCC1. The first-order chi connectivity index (χ1) is 8.08. The Hall–Kier alpha value is -1.59. The maximum Gasteiger partial charge on any atom is 0.387 e. The molecule has 0 atom stereocenters. The van der Waals surface area contributed by atoms with Gasteiger partial charge in [-0.2, -0.15) is 8.78 Å². The summed E-state index contributed by atoms with van der Waals surface area (Å²) in [7, 11) is 0. The van der Waals surface area contributed by atoms with Crippen LogP contribution in [0.2, 0.25) is 0 Å². The number of anilines is 2. The summed E-state index contributed by atoms with van der Waals surface area (Å²) in [5, 5.41) is 0. The molecule has 2 rings (SSSR count). The minimum atomic E-state index is -3.04. The van der Waals surface area contributed by atoms with E-state index in [1.54, 1.807) is 0 Å². The van der Waals surface area contributed by atoms with Gasteiger partial charge in [-0.05, 0) is 12.8 Å². The Morgan fingerprint density at radius 1 is 1.24 bits per heavy atom. The third-order valence-corrected chi connectivity index (χ3v) is 2.74. The summed E-state index contributed by atoms with van der Waals surface area (Å²) in [4.78, 5) is 1.94. The number of nitrogens with two attached hydrogens (primary N) is 1. The van der Waals surface area contributed by atoms with E-state index in [-0.39, 0.29) is 5.69 Å². The van der Waals surface area contributed by atoms with Gasteiger partial charge in [-0.1, -0.05) is 0 Å². The molecule has 0 radical (unpaired) electrons. The van der Waals surface area contributed by atoms with Crippen molar-refractivity contribution in [2.75, 3.05) is 23.7 Å². The Balaban J connectivity index is 2.31. The fraction of sp³-hybridized carbons (Fsp3) is 0.455. The van der Waals surface area contributed by atoms with E-state index in [9.17, 15) is 13.2 Å². The molecule has 94 valence electrons.